The first-order chi connectivity index (χ1) is 8.54. The fraction of sp³-hybridized carbons (Fsp3) is 0.333. The topological polar surface area (TPSA) is 86.8 Å². The van der Waals surface area contributed by atoms with Gasteiger partial charge in [-0.1, -0.05) is 11.3 Å². The van der Waals surface area contributed by atoms with Gasteiger partial charge in [0.1, 0.15) is 0 Å². The summed E-state index contributed by atoms with van der Waals surface area (Å²) in [5, 5.41) is 4.84. The Labute approximate surface area is 112 Å². The third-order valence-corrected chi connectivity index (χ3v) is 2.89. The van der Waals surface area contributed by atoms with Gasteiger partial charge in [-0.2, -0.15) is 15.0 Å². The third kappa shape index (κ3) is 3.17. The first kappa shape index (κ1) is 12.8. The summed E-state index contributed by atoms with van der Waals surface area (Å²) in [6.07, 6.45) is 0. The van der Waals surface area contributed by atoms with Gasteiger partial charge in [0.2, 0.25) is 17.2 Å². The van der Waals surface area contributed by atoms with Crippen LogP contribution in [0.2, 0.25) is 5.28 Å². The monoisotopic (exact) mass is 286 g/mol. The van der Waals surface area contributed by atoms with Crippen molar-refractivity contribution in [1.29, 1.82) is 0 Å². The molecule has 0 spiro atoms. The number of hydrogen-bond donors (Lipinski definition) is 2. The van der Waals surface area contributed by atoms with Crippen LogP contribution in [-0.4, -0.2) is 34.0 Å². The molecule has 0 aromatic carbocycles. The molecule has 0 saturated carbocycles. The molecule has 0 amide bonds. The minimum Gasteiger partial charge on any atom is -0.348 e. The number of H-pyrrole nitrogens is 1. The Kier molecular flexibility index (Phi) is 3.78. The summed E-state index contributed by atoms with van der Waals surface area (Å²) in [5.41, 5.74) is 0.771. The molecule has 0 aliphatic carbocycles. The van der Waals surface area contributed by atoms with E-state index in [1.165, 1.54) is 0 Å². The molecule has 0 bridgehead atoms. The Morgan fingerprint density at radius 2 is 2.22 bits per heavy atom. The summed E-state index contributed by atoms with van der Waals surface area (Å²) in [6, 6.07) is 0. The molecule has 2 rings (SSSR count). The van der Waals surface area contributed by atoms with E-state index >= 15 is 0 Å². The molecule has 7 nitrogen and oxygen atoms in total. The van der Waals surface area contributed by atoms with Crippen LogP contribution in [0.5, 0.6) is 0 Å². The summed E-state index contributed by atoms with van der Waals surface area (Å²) in [7, 11) is 3.62. The van der Waals surface area contributed by atoms with E-state index in [2.05, 4.69) is 25.3 Å². The zero-order valence-electron chi connectivity index (χ0n) is 9.77. The summed E-state index contributed by atoms with van der Waals surface area (Å²) < 4.78 is 0. The Balaban J connectivity index is 2.11. The zero-order valence-corrected chi connectivity index (χ0v) is 11.3. The molecule has 0 aliphatic rings. The molecule has 2 heterocycles. The normalized spacial score (nSPS) is 10.4. The summed E-state index contributed by atoms with van der Waals surface area (Å²) in [4.78, 5) is 27.4. The lowest BCUT2D eigenvalue weighted by Crippen LogP contribution is -2.15. The van der Waals surface area contributed by atoms with E-state index in [1.54, 1.807) is 10.3 Å². The van der Waals surface area contributed by atoms with Gasteiger partial charge in [0.25, 0.3) is 0 Å². The lowest BCUT2D eigenvalue weighted by molar-refractivity contribution is 0.935. The highest BCUT2D eigenvalue weighted by atomic mass is 35.5. The average Bonchev–Trinajstić information content (AvgIpc) is 2.72. The molecule has 2 aromatic rings. The number of aromatic amines is 1. The summed E-state index contributed by atoms with van der Waals surface area (Å²) in [5.74, 6) is 0.835. The van der Waals surface area contributed by atoms with Crippen molar-refractivity contribution in [3.8, 4) is 0 Å². The van der Waals surface area contributed by atoms with E-state index in [4.69, 9.17) is 11.6 Å². The molecule has 96 valence electrons. The van der Waals surface area contributed by atoms with Gasteiger partial charge in [-0.05, 0) is 11.6 Å². The first-order valence-corrected chi connectivity index (χ1v) is 6.30. The van der Waals surface area contributed by atoms with Crippen molar-refractivity contribution in [1.82, 2.24) is 19.9 Å². The van der Waals surface area contributed by atoms with Gasteiger partial charge in [-0.25, -0.2) is 0 Å². The maximum atomic E-state index is 11.0. The number of halogens is 1. The van der Waals surface area contributed by atoms with E-state index in [0.29, 0.717) is 18.4 Å². The van der Waals surface area contributed by atoms with Crippen LogP contribution in [0.25, 0.3) is 0 Å². The second-order valence-corrected chi connectivity index (χ2v) is 4.83. The summed E-state index contributed by atoms with van der Waals surface area (Å²) >= 11 is 6.91. The van der Waals surface area contributed by atoms with Crippen molar-refractivity contribution in [2.24, 2.45) is 0 Å². The van der Waals surface area contributed by atoms with E-state index in [0.717, 1.165) is 17.0 Å². The number of nitrogens with zero attached hydrogens (tertiary/aromatic N) is 4. The zero-order chi connectivity index (χ0) is 13.1. The third-order valence-electron chi connectivity index (χ3n) is 2.00. The molecule has 18 heavy (non-hydrogen) atoms. The van der Waals surface area contributed by atoms with Crippen LogP contribution in [-0.2, 0) is 6.54 Å². The van der Waals surface area contributed by atoms with Crippen LogP contribution < -0.4 is 15.1 Å². The van der Waals surface area contributed by atoms with Gasteiger partial charge >= 0.3 is 4.87 Å². The lowest BCUT2D eigenvalue weighted by atomic mass is 10.5. The SMILES string of the molecule is CN(C)c1nc(Cl)nc(NCc2csc(=O)[nH]2)n1. The number of hydrogen-bond acceptors (Lipinski definition) is 7. The van der Waals surface area contributed by atoms with Crippen LogP contribution in [0.1, 0.15) is 5.69 Å². The molecule has 2 N–H and O–H groups in total. The van der Waals surface area contributed by atoms with Crippen molar-refractivity contribution < 1.29 is 0 Å². The maximum absolute atomic E-state index is 11.0. The number of anilines is 2. The molecular formula is C9H11ClN6OS. The smallest absolute Gasteiger partial charge is 0.304 e. The van der Waals surface area contributed by atoms with Gasteiger partial charge in [0.05, 0.1) is 6.54 Å². The van der Waals surface area contributed by atoms with Crippen LogP contribution >= 0.6 is 22.9 Å². The molecular weight excluding hydrogens is 276 g/mol. The highest BCUT2D eigenvalue weighted by molar-refractivity contribution is 7.07. The van der Waals surface area contributed by atoms with Crippen LogP contribution in [0.3, 0.4) is 0 Å². The van der Waals surface area contributed by atoms with E-state index in [1.807, 2.05) is 14.1 Å². The van der Waals surface area contributed by atoms with Crippen molar-refractivity contribution in [2.45, 2.75) is 6.54 Å². The molecule has 2 aromatic heterocycles. The molecule has 0 atom stereocenters. The van der Waals surface area contributed by atoms with Gasteiger partial charge in [0.15, 0.2) is 0 Å². The maximum Gasteiger partial charge on any atom is 0.304 e. The predicted molar refractivity (Wildman–Crippen MR) is 71.4 cm³/mol. The quantitative estimate of drug-likeness (QED) is 0.870. The minimum atomic E-state index is -0.0885. The number of thiazole rings is 1. The van der Waals surface area contributed by atoms with Crippen molar-refractivity contribution >= 4 is 34.8 Å². The average molecular weight is 287 g/mol. The van der Waals surface area contributed by atoms with E-state index in [9.17, 15) is 4.79 Å². The van der Waals surface area contributed by atoms with Gasteiger partial charge in [-0.3, -0.25) is 4.79 Å². The molecule has 0 aliphatic heterocycles. The number of aromatic nitrogens is 4. The second kappa shape index (κ2) is 5.32. The molecule has 0 unspecified atom stereocenters. The molecule has 0 radical (unpaired) electrons. The lowest BCUT2D eigenvalue weighted by Gasteiger charge is -2.11. The van der Waals surface area contributed by atoms with Crippen molar-refractivity contribution in [3.63, 3.8) is 0 Å². The van der Waals surface area contributed by atoms with Crippen LogP contribution in [0, 0.1) is 0 Å². The van der Waals surface area contributed by atoms with E-state index in [-0.39, 0.29) is 10.2 Å². The molecule has 0 fully saturated rings. The fourth-order valence-electron chi connectivity index (χ4n) is 1.19. The minimum absolute atomic E-state index is 0.0885. The van der Waals surface area contributed by atoms with Gasteiger partial charge in [0, 0.05) is 25.2 Å². The number of rotatable bonds is 4. The Morgan fingerprint density at radius 1 is 1.44 bits per heavy atom. The molecule has 9 heteroatoms. The van der Waals surface area contributed by atoms with Crippen molar-refractivity contribution in [3.05, 3.63) is 26.0 Å². The van der Waals surface area contributed by atoms with Crippen LogP contribution in [0.4, 0.5) is 11.9 Å². The van der Waals surface area contributed by atoms with Crippen molar-refractivity contribution in [2.75, 3.05) is 24.3 Å². The number of nitrogens with one attached hydrogen (secondary N) is 2. The van der Waals surface area contributed by atoms with Gasteiger partial charge in [-0.15, -0.1) is 0 Å². The van der Waals surface area contributed by atoms with Gasteiger partial charge < -0.3 is 15.2 Å². The Hall–Kier alpha value is -1.67. The largest absolute Gasteiger partial charge is 0.348 e. The Morgan fingerprint density at radius 3 is 2.83 bits per heavy atom. The van der Waals surface area contributed by atoms with Crippen LogP contribution in [0.15, 0.2) is 10.2 Å². The fourth-order valence-corrected chi connectivity index (χ4v) is 1.93. The molecule has 0 saturated heterocycles. The highest BCUT2D eigenvalue weighted by Crippen LogP contribution is 2.12. The Bertz CT molecular complexity index is 595. The second-order valence-electron chi connectivity index (χ2n) is 3.65. The standard InChI is InChI=1S/C9H11ClN6OS/c1-16(2)8-14-6(10)13-7(15-8)11-3-5-4-18-9(17)12-5/h4H,3H2,1-2H3,(H,12,17)(H,11,13,14,15). The van der Waals surface area contributed by atoms with E-state index < -0.39 is 0 Å². The highest BCUT2D eigenvalue weighted by Gasteiger charge is 2.06. The first-order valence-electron chi connectivity index (χ1n) is 5.04. The predicted octanol–water partition coefficient (Wildman–Crippen LogP) is 0.953. The summed E-state index contributed by atoms with van der Waals surface area (Å²) in [6.45, 7) is 0.423.